The summed E-state index contributed by atoms with van der Waals surface area (Å²) in [6.45, 7) is 2.37. The van der Waals surface area contributed by atoms with Gasteiger partial charge in [0.2, 0.25) is 0 Å². The van der Waals surface area contributed by atoms with Gasteiger partial charge in [-0.15, -0.1) is 0 Å². The molecule has 0 aliphatic rings. The van der Waals surface area contributed by atoms with Crippen LogP contribution in [0.5, 0.6) is 0 Å². The monoisotopic (exact) mass is 268 g/mol. The molecule has 0 atom stereocenters. The van der Waals surface area contributed by atoms with Crippen molar-refractivity contribution in [3.05, 3.63) is 24.4 Å². The Morgan fingerprint density at radius 2 is 2.17 bits per heavy atom. The number of pyridine rings is 1. The Hall–Kier alpha value is -1.60. The molecule has 2 heterocycles. The average Bonchev–Trinajstić information content (AvgIpc) is 2.65. The molecule has 2 aromatic heterocycles. The van der Waals surface area contributed by atoms with E-state index in [-0.39, 0.29) is 10.8 Å². The minimum Gasteiger partial charge on any atom is -0.381 e. The minimum absolute atomic E-state index is 0.0316. The summed E-state index contributed by atoms with van der Waals surface area (Å²) in [5.41, 5.74) is 6.26. The molecule has 6 nitrogen and oxygen atoms in total. The first-order valence-corrected chi connectivity index (χ1v) is 7.11. The average molecular weight is 268 g/mol. The van der Waals surface area contributed by atoms with Gasteiger partial charge in [-0.25, -0.2) is 13.4 Å². The van der Waals surface area contributed by atoms with Crippen LogP contribution in [0.1, 0.15) is 13.3 Å². The standard InChI is InChI=1S/C11H16N4O2S/c1-3-7-14(2)18(16,17)11-10(12)13-9-6-4-5-8-15(9)11/h4-6,8H,3,7,12H2,1-2H3. The molecule has 2 aromatic rings. The van der Waals surface area contributed by atoms with Gasteiger partial charge in [0.05, 0.1) is 0 Å². The molecule has 18 heavy (non-hydrogen) atoms. The summed E-state index contributed by atoms with van der Waals surface area (Å²) in [5.74, 6) is 0.0316. The molecule has 0 spiro atoms. The van der Waals surface area contributed by atoms with Crippen LogP contribution in [0.3, 0.4) is 0 Å². The first kappa shape index (κ1) is 12.8. The minimum atomic E-state index is -3.61. The van der Waals surface area contributed by atoms with E-state index in [1.807, 2.05) is 6.92 Å². The Balaban J connectivity index is 2.64. The number of sulfonamides is 1. The van der Waals surface area contributed by atoms with E-state index in [0.29, 0.717) is 12.2 Å². The van der Waals surface area contributed by atoms with Crippen molar-refractivity contribution >= 4 is 21.5 Å². The Morgan fingerprint density at radius 3 is 2.83 bits per heavy atom. The Kier molecular flexibility index (Phi) is 3.27. The highest BCUT2D eigenvalue weighted by molar-refractivity contribution is 7.89. The fourth-order valence-corrected chi connectivity index (χ4v) is 3.26. The van der Waals surface area contributed by atoms with Gasteiger partial charge in [0.25, 0.3) is 10.0 Å². The van der Waals surface area contributed by atoms with Crippen molar-refractivity contribution < 1.29 is 8.42 Å². The fourth-order valence-electron chi connectivity index (χ4n) is 1.83. The summed E-state index contributed by atoms with van der Waals surface area (Å²) in [6.07, 6.45) is 2.39. The van der Waals surface area contributed by atoms with E-state index < -0.39 is 10.0 Å². The highest BCUT2D eigenvalue weighted by Gasteiger charge is 2.27. The number of imidazole rings is 1. The third kappa shape index (κ3) is 1.95. The molecular weight excluding hydrogens is 252 g/mol. The summed E-state index contributed by atoms with van der Waals surface area (Å²) in [5, 5.41) is 0.0362. The lowest BCUT2D eigenvalue weighted by Crippen LogP contribution is -2.29. The maximum absolute atomic E-state index is 12.4. The van der Waals surface area contributed by atoms with Gasteiger partial charge < -0.3 is 5.73 Å². The van der Waals surface area contributed by atoms with E-state index in [4.69, 9.17) is 5.73 Å². The van der Waals surface area contributed by atoms with E-state index in [9.17, 15) is 8.42 Å². The lowest BCUT2D eigenvalue weighted by Gasteiger charge is -2.15. The molecule has 0 bridgehead atoms. The molecule has 0 aliphatic heterocycles. The highest BCUT2D eigenvalue weighted by atomic mass is 32.2. The van der Waals surface area contributed by atoms with Crippen LogP contribution in [0.4, 0.5) is 5.82 Å². The van der Waals surface area contributed by atoms with Crippen LogP contribution in [0.15, 0.2) is 29.4 Å². The number of anilines is 1. The predicted molar refractivity (Wildman–Crippen MR) is 69.7 cm³/mol. The zero-order valence-electron chi connectivity index (χ0n) is 10.4. The van der Waals surface area contributed by atoms with Crippen LogP contribution in [0, 0.1) is 0 Å². The van der Waals surface area contributed by atoms with Crippen LogP contribution >= 0.6 is 0 Å². The van der Waals surface area contributed by atoms with Crippen molar-refractivity contribution in [2.75, 3.05) is 19.3 Å². The van der Waals surface area contributed by atoms with Crippen LogP contribution in [0.2, 0.25) is 0 Å². The summed E-state index contributed by atoms with van der Waals surface area (Å²) >= 11 is 0. The van der Waals surface area contributed by atoms with Gasteiger partial charge in [-0.1, -0.05) is 13.0 Å². The van der Waals surface area contributed by atoms with Crippen LogP contribution in [0.25, 0.3) is 5.65 Å². The lowest BCUT2D eigenvalue weighted by atomic mass is 10.5. The number of aromatic nitrogens is 2. The third-order valence-corrected chi connectivity index (χ3v) is 4.60. The molecule has 0 saturated carbocycles. The van der Waals surface area contributed by atoms with E-state index >= 15 is 0 Å². The van der Waals surface area contributed by atoms with Crippen molar-refractivity contribution in [2.24, 2.45) is 0 Å². The van der Waals surface area contributed by atoms with Crippen LogP contribution in [-0.2, 0) is 10.0 Å². The zero-order chi connectivity index (χ0) is 13.3. The van der Waals surface area contributed by atoms with E-state index in [2.05, 4.69) is 4.98 Å². The Labute approximate surface area is 106 Å². The summed E-state index contributed by atoms with van der Waals surface area (Å²) in [4.78, 5) is 4.06. The van der Waals surface area contributed by atoms with Gasteiger partial charge in [0.15, 0.2) is 10.8 Å². The van der Waals surface area contributed by atoms with Gasteiger partial charge in [-0.3, -0.25) is 4.40 Å². The van der Waals surface area contributed by atoms with E-state index in [1.54, 1.807) is 31.4 Å². The molecule has 0 amide bonds. The van der Waals surface area contributed by atoms with Crippen molar-refractivity contribution in [2.45, 2.75) is 18.4 Å². The molecular formula is C11H16N4O2S. The number of fused-ring (bicyclic) bond motifs is 1. The van der Waals surface area contributed by atoms with Crippen molar-refractivity contribution in [3.63, 3.8) is 0 Å². The van der Waals surface area contributed by atoms with Crippen molar-refractivity contribution in [3.8, 4) is 0 Å². The molecule has 0 aliphatic carbocycles. The maximum atomic E-state index is 12.4. The molecule has 2 rings (SSSR count). The van der Waals surface area contributed by atoms with E-state index in [1.165, 1.54) is 8.71 Å². The summed E-state index contributed by atoms with van der Waals surface area (Å²) in [7, 11) is -2.06. The smallest absolute Gasteiger partial charge is 0.262 e. The number of rotatable bonds is 4. The van der Waals surface area contributed by atoms with Gasteiger partial charge in [0, 0.05) is 19.8 Å². The summed E-state index contributed by atoms with van der Waals surface area (Å²) in [6, 6.07) is 5.25. The second kappa shape index (κ2) is 4.58. The first-order valence-electron chi connectivity index (χ1n) is 5.67. The molecule has 7 heteroatoms. The molecule has 0 fully saturated rings. The number of nitrogen functional groups attached to an aromatic ring is 1. The van der Waals surface area contributed by atoms with Crippen LogP contribution < -0.4 is 5.73 Å². The topological polar surface area (TPSA) is 80.7 Å². The molecule has 2 N–H and O–H groups in total. The second-order valence-electron chi connectivity index (χ2n) is 4.06. The lowest BCUT2D eigenvalue weighted by molar-refractivity contribution is 0.465. The van der Waals surface area contributed by atoms with Crippen molar-refractivity contribution in [1.82, 2.24) is 13.7 Å². The molecule has 0 unspecified atom stereocenters. The first-order chi connectivity index (χ1) is 8.48. The largest absolute Gasteiger partial charge is 0.381 e. The molecule has 0 aromatic carbocycles. The third-order valence-electron chi connectivity index (χ3n) is 2.70. The van der Waals surface area contributed by atoms with Gasteiger partial charge in [-0.2, -0.15) is 4.31 Å². The normalized spacial score (nSPS) is 12.4. The van der Waals surface area contributed by atoms with Gasteiger partial charge in [-0.05, 0) is 18.6 Å². The van der Waals surface area contributed by atoms with E-state index in [0.717, 1.165) is 6.42 Å². The number of nitrogens with zero attached hydrogens (tertiary/aromatic N) is 3. The molecule has 0 radical (unpaired) electrons. The van der Waals surface area contributed by atoms with Gasteiger partial charge >= 0.3 is 0 Å². The molecule has 0 saturated heterocycles. The van der Waals surface area contributed by atoms with Crippen LogP contribution in [-0.4, -0.2) is 35.7 Å². The Bertz CT molecular complexity index is 663. The zero-order valence-corrected chi connectivity index (χ0v) is 11.2. The number of nitrogens with two attached hydrogens (primary N) is 1. The summed E-state index contributed by atoms with van der Waals surface area (Å²) < 4.78 is 27.6. The maximum Gasteiger partial charge on any atom is 0.262 e. The SMILES string of the molecule is CCCN(C)S(=O)(=O)c1c(N)nc2ccccn12. The Morgan fingerprint density at radius 1 is 1.44 bits per heavy atom. The predicted octanol–water partition coefficient (Wildman–Crippen LogP) is 0.947. The van der Waals surface area contributed by atoms with Crippen molar-refractivity contribution in [1.29, 1.82) is 0 Å². The second-order valence-corrected chi connectivity index (χ2v) is 6.02. The highest BCUT2D eigenvalue weighted by Crippen LogP contribution is 2.22. The number of hydrogen-bond donors (Lipinski definition) is 1. The fraction of sp³-hybridized carbons (Fsp3) is 0.364. The quantitative estimate of drug-likeness (QED) is 0.895. The number of hydrogen-bond acceptors (Lipinski definition) is 4. The van der Waals surface area contributed by atoms with Gasteiger partial charge in [0.1, 0.15) is 5.65 Å². The molecule has 98 valence electrons.